The number of nitrogens with one attached hydrogen (secondary N) is 1. The molecule has 2 heterocycles. The third kappa shape index (κ3) is 3.59. The van der Waals surface area contributed by atoms with Gasteiger partial charge in [0.15, 0.2) is 5.82 Å². The van der Waals surface area contributed by atoms with Crippen LogP contribution in [0.1, 0.15) is 62.6 Å². The van der Waals surface area contributed by atoms with Crippen LogP contribution in [-0.2, 0) is 11.5 Å². The highest BCUT2D eigenvalue weighted by Crippen LogP contribution is 2.43. The SMILES string of the molecule is CC[C@@H]1C[C@H]1CCNC(c1ccnn1COC)c1nnnn1C1CC1. The molecule has 0 radical (unpaired) electrons. The van der Waals surface area contributed by atoms with E-state index in [4.69, 9.17) is 4.74 Å². The molecule has 0 saturated heterocycles. The standard InChI is InChI=1S/C17H27N7O/c1-3-12-10-13(12)6-8-18-16(15-7-9-19-23(15)11-25-2)17-20-21-22-24(17)14-4-5-14/h7,9,12-14,16,18H,3-6,8,10-11H2,1-2H3/t12-,13-,16?/m1/s1. The Morgan fingerprint density at radius 1 is 1.36 bits per heavy atom. The zero-order valence-corrected chi connectivity index (χ0v) is 15.0. The van der Waals surface area contributed by atoms with Crippen molar-refractivity contribution in [1.29, 1.82) is 0 Å². The highest BCUT2D eigenvalue weighted by Gasteiger charge is 2.36. The van der Waals surface area contributed by atoms with Crippen LogP contribution in [0.2, 0.25) is 0 Å². The monoisotopic (exact) mass is 345 g/mol. The predicted octanol–water partition coefficient (Wildman–Crippen LogP) is 1.92. The van der Waals surface area contributed by atoms with E-state index in [0.717, 1.165) is 42.7 Å². The molecule has 2 aromatic heterocycles. The van der Waals surface area contributed by atoms with Crippen LogP contribution in [0.25, 0.3) is 0 Å². The Labute approximate surface area is 147 Å². The number of hydrogen-bond acceptors (Lipinski definition) is 6. The van der Waals surface area contributed by atoms with Crippen LogP contribution in [0, 0.1) is 11.8 Å². The Morgan fingerprint density at radius 3 is 2.96 bits per heavy atom. The van der Waals surface area contributed by atoms with E-state index in [9.17, 15) is 0 Å². The number of ether oxygens (including phenoxy) is 1. The lowest BCUT2D eigenvalue weighted by Crippen LogP contribution is -2.29. The van der Waals surface area contributed by atoms with Crippen molar-refractivity contribution in [3.63, 3.8) is 0 Å². The van der Waals surface area contributed by atoms with Crippen molar-refractivity contribution >= 4 is 0 Å². The molecule has 0 spiro atoms. The first kappa shape index (κ1) is 16.7. The predicted molar refractivity (Wildman–Crippen MR) is 91.7 cm³/mol. The molecule has 4 rings (SSSR count). The van der Waals surface area contributed by atoms with E-state index < -0.39 is 0 Å². The lowest BCUT2D eigenvalue weighted by molar-refractivity contribution is 0.116. The zero-order valence-electron chi connectivity index (χ0n) is 15.0. The van der Waals surface area contributed by atoms with Crippen molar-refractivity contribution in [2.45, 2.75) is 57.8 Å². The second kappa shape index (κ2) is 7.21. The minimum absolute atomic E-state index is 0.0629. The quantitative estimate of drug-likeness (QED) is 0.708. The van der Waals surface area contributed by atoms with Gasteiger partial charge in [0.2, 0.25) is 0 Å². The second-order valence-corrected chi connectivity index (χ2v) is 7.23. The highest BCUT2D eigenvalue weighted by atomic mass is 16.5. The van der Waals surface area contributed by atoms with E-state index >= 15 is 0 Å². The van der Waals surface area contributed by atoms with Gasteiger partial charge in [0.05, 0.1) is 11.7 Å². The van der Waals surface area contributed by atoms with Crippen molar-refractivity contribution in [2.75, 3.05) is 13.7 Å². The molecule has 0 aliphatic heterocycles. The summed E-state index contributed by atoms with van der Waals surface area (Å²) in [6, 6.07) is 2.40. The highest BCUT2D eigenvalue weighted by molar-refractivity contribution is 5.17. The van der Waals surface area contributed by atoms with Gasteiger partial charge in [-0.05, 0) is 60.6 Å². The molecule has 8 heteroatoms. The van der Waals surface area contributed by atoms with Crippen molar-refractivity contribution in [2.24, 2.45) is 11.8 Å². The average Bonchev–Trinajstić information content (AvgIpc) is 3.52. The van der Waals surface area contributed by atoms with Crippen molar-refractivity contribution in [3.05, 3.63) is 23.8 Å². The molecule has 2 fully saturated rings. The summed E-state index contributed by atoms with van der Waals surface area (Å²) in [6.45, 7) is 3.67. The van der Waals surface area contributed by atoms with Gasteiger partial charge in [0, 0.05) is 13.3 Å². The van der Waals surface area contributed by atoms with E-state index in [1.165, 1.54) is 19.3 Å². The molecular weight excluding hydrogens is 318 g/mol. The Balaban J connectivity index is 1.52. The second-order valence-electron chi connectivity index (χ2n) is 7.23. The van der Waals surface area contributed by atoms with Crippen LogP contribution in [0.15, 0.2) is 12.3 Å². The average molecular weight is 345 g/mol. The summed E-state index contributed by atoms with van der Waals surface area (Å²) in [5.74, 6) is 2.68. The smallest absolute Gasteiger partial charge is 0.174 e. The van der Waals surface area contributed by atoms with E-state index in [-0.39, 0.29) is 6.04 Å². The van der Waals surface area contributed by atoms with Crippen LogP contribution < -0.4 is 5.32 Å². The summed E-state index contributed by atoms with van der Waals surface area (Å²) >= 11 is 0. The number of rotatable bonds is 10. The summed E-state index contributed by atoms with van der Waals surface area (Å²) in [5, 5.41) is 20.6. The fraction of sp³-hybridized carbons (Fsp3) is 0.765. The van der Waals surface area contributed by atoms with Crippen LogP contribution in [0.3, 0.4) is 0 Å². The molecule has 0 bridgehead atoms. The first-order valence-corrected chi connectivity index (χ1v) is 9.33. The summed E-state index contributed by atoms with van der Waals surface area (Å²) in [7, 11) is 1.68. The minimum Gasteiger partial charge on any atom is -0.362 e. The number of nitrogens with zero attached hydrogens (tertiary/aromatic N) is 6. The lowest BCUT2D eigenvalue weighted by Gasteiger charge is -2.19. The fourth-order valence-corrected chi connectivity index (χ4v) is 3.69. The number of tetrazole rings is 1. The van der Waals surface area contributed by atoms with Crippen LogP contribution >= 0.6 is 0 Å². The number of hydrogen-bond donors (Lipinski definition) is 1. The topological polar surface area (TPSA) is 82.7 Å². The Bertz CT molecular complexity index is 693. The van der Waals surface area contributed by atoms with Crippen molar-refractivity contribution in [3.8, 4) is 0 Å². The Kier molecular flexibility index (Phi) is 4.80. The first-order chi connectivity index (χ1) is 12.3. The van der Waals surface area contributed by atoms with Crippen molar-refractivity contribution < 1.29 is 4.74 Å². The molecule has 136 valence electrons. The van der Waals surface area contributed by atoms with Crippen molar-refractivity contribution in [1.82, 2.24) is 35.3 Å². The van der Waals surface area contributed by atoms with Gasteiger partial charge >= 0.3 is 0 Å². The largest absolute Gasteiger partial charge is 0.362 e. The van der Waals surface area contributed by atoms with Gasteiger partial charge in [-0.25, -0.2) is 9.36 Å². The van der Waals surface area contributed by atoms with Gasteiger partial charge in [0.25, 0.3) is 0 Å². The molecule has 2 saturated carbocycles. The van der Waals surface area contributed by atoms with Gasteiger partial charge in [-0.1, -0.05) is 13.3 Å². The molecule has 0 amide bonds. The molecule has 2 aromatic rings. The molecule has 0 aromatic carbocycles. The lowest BCUT2D eigenvalue weighted by atomic mass is 10.1. The molecular formula is C17H27N7O. The van der Waals surface area contributed by atoms with Gasteiger partial charge in [0.1, 0.15) is 12.8 Å². The molecule has 3 atom stereocenters. The first-order valence-electron chi connectivity index (χ1n) is 9.33. The van der Waals surface area contributed by atoms with Gasteiger partial charge in [-0.2, -0.15) is 5.10 Å². The van der Waals surface area contributed by atoms with Crippen LogP contribution in [0.4, 0.5) is 0 Å². The van der Waals surface area contributed by atoms with E-state index in [2.05, 4.69) is 32.9 Å². The molecule has 1 unspecified atom stereocenters. The molecule has 2 aliphatic rings. The van der Waals surface area contributed by atoms with Crippen LogP contribution in [-0.4, -0.2) is 43.6 Å². The number of aromatic nitrogens is 6. The van der Waals surface area contributed by atoms with Crippen LogP contribution in [0.5, 0.6) is 0 Å². The molecule has 8 nitrogen and oxygen atoms in total. The maximum absolute atomic E-state index is 5.28. The Hall–Kier alpha value is -1.80. The Morgan fingerprint density at radius 2 is 2.24 bits per heavy atom. The van der Waals surface area contributed by atoms with E-state index in [1.807, 2.05) is 21.6 Å². The molecule has 1 N–H and O–H groups in total. The summed E-state index contributed by atoms with van der Waals surface area (Å²) < 4.78 is 9.13. The third-order valence-corrected chi connectivity index (χ3v) is 5.42. The maximum atomic E-state index is 5.28. The van der Waals surface area contributed by atoms with E-state index in [0.29, 0.717) is 12.8 Å². The zero-order chi connectivity index (χ0) is 17.2. The van der Waals surface area contributed by atoms with Gasteiger partial charge in [-0.3, -0.25) is 0 Å². The summed E-state index contributed by atoms with van der Waals surface area (Å²) in [6.07, 6.45) is 8.00. The molecule has 2 aliphatic carbocycles. The van der Waals surface area contributed by atoms with Gasteiger partial charge in [-0.15, -0.1) is 5.10 Å². The third-order valence-electron chi connectivity index (χ3n) is 5.42. The maximum Gasteiger partial charge on any atom is 0.174 e. The minimum atomic E-state index is -0.0629. The summed E-state index contributed by atoms with van der Waals surface area (Å²) in [4.78, 5) is 0. The fourth-order valence-electron chi connectivity index (χ4n) is 3.69. The van der Waals surface area contributed by atoms with Gasteiger partial charge < -0.3 is 10.1 Å². The number of methoxy groups -OCH3 is 1. The normalized spacial score (nSPS) is 23.8. The molecule has 25 heavy (non-hydrogen) atoms. The van der Waals surface area contributed by atoms with E-state index in [1.54, 1.807) is 7.11 Å². The summed E-state index contributed by atoms with van der Waals surface area (Å²) in [5.41, 5.74) is 1.04.